The molecular formula is C21H20FN3O3S. The van der Waals surface area contributed by atoms with E-state index in [-0.39, 0.29) is 18.3 Å². The second-order valence-electron chi connectivity index (χ2n) is 6.52. The van der Waals surface area contributed by atoms with Crippen LogP contribution in [0.1, 0.15) is 27.9 Å². The molecule has 0 saturated carbocycles. The van der Waals surface area contributed by atoms with Crippen LogP contribution in [0, 0.1) is 12.7 Å². The SMILES string of the molecule is Cc1nc(-c2ccccn2)sc1C(=O)OC(C)C(=O)N(C)Cc1cccc(F)c1. The number of nitrogens with zero attached hydrogens (tertiary/aromatic N) is 3. The lowest BCUT2D eigenvalue weighted by atomic mass is 10.2. The molecule has 0 radical (unpaired) electrons. The summed E-state index contributed by atoms with van der Waals surface area (Å²) in [6, 6.07) is 11.5. The van der Waals surface area contributed by atoms with Crippen molar-refractivity contribution in [2.75, 3.05) is 7.05 Å². The van der Waals surface area contributed by atoms with E-state index >= 15 is 0 Å². The van der Waals surface area contributed by atoms with Crippen LogP contribution in [0.25, 0.3) is 10.7 Å². The van der Waals surface area contributed by atoms with Crippen LogP contribution >= 0.6 is 11.3 Å². The maximum atomic E-state index is 13.3. The van der Waals surface area contributed by atoms with E-state index in [0.717, 1.165) is 0 Å². The van der Waals surface area contributed by atoms with Gasteiger partial charge in [-0.15, -0.1) is 11.3 Å². The zero-order valence-corrected chi connectivity index (χ0v) is 17.1. The van der Waals surface area contributed by atoms with Gasteiger partial charge in [-0.05, 0) is 43.7 Å². The number of ether oxygens (including phenoxy) is 1. The van der Waals surface area contributed by atoms with E-state index in [1.807, 2.05) is 6.07 Å². The second-order valence-corrected chi connectivity index (χ2v) is 7.52. The van der Waals surface area contributed by atoms with Crippen LogP contribution in [0.5, 0.6) is 0 Å². The molecule has 1 aromatic carbocycles. The van der Waals surface area contributed by atoms with Gasteiger partial charge in [0.2, 0.25) is 0 Å². The van der Waals surface area contributed by atoms with Gasteiger partial charge in [0.25, 0.3) is 5.91 Å². The number of carbonyl (C=O) groups excluding carboxylic acids is 2. The largest absolute Gasteiger partial charge is 0.448 e. The van der Waals surface area contributed by atoms with Crippen molar-refractivity contribution in [2.45, 2.75) is 26.5 Å². The number of esters is 1. The van der Waals surface area contributed by atoms with Gasteiger partial charge in [0.1, 0.15) is 15.7 Å². The van der Waals surface area contributed by atoms with Gasteiger partial charge in [-0.3, -0.25) is 9.78 Å². The van der Waals surface area contributed by atoms with Crippen molar-refractivity contribution in [3.8, 4) is 10.7 Å². The van der Waals surface area contributed by atoms with E-state index in [4.69, 9.17) is 4.74 Å². The normalized spacial score (nSPS) is 11.7. The minimum Gasteiger partial charge on any atom is -0.448 e. The first-order valence-electron chi connectivity index (χ1n) is 8.94. The molecule has 0 N–H and O–H groups in total. The number of hydrogen-bond donors (Lipinski definition) is 0. The highest BCUT2D eigenvalue weighted by Crippen LogP contribution is 2.27. The maximum absolute atomic E-state index is 13.3. The third-order valence-electron chi connectivity index (χ3n) is 4.18. The number of halogens is 1. The Hall–Kier alpha value is -3.13. The number of benzene rings is 1. The van der Waals surface area contributed by atoms with Gasteiger partial charge >= 0.3 is 5.97 Å². The van der Waals surface area contributed by atoms with Gasteiger partial charge in [0, 0.05) is 19.8 Å². The molecule has 0 fully saturated rings. The van der Waals surface area contributed by atoms with E-state index in [2.05, 4.69) is 9.97 Å². The molecular weight excluding hydrogens is 393 g/mol. The number of rotatable bonds is 6. The summed E-state index contributed by atoms with van der Waals surface area (Å²) in [5.74, 6) is -1.36. The monoisotopic (exact) mass is 413 g/mol. The summed E-state index contributed by atoms with van der Waals surface area (Å²) in [7, 11) is 1.58. The maximum Gasteiger partial charge on any atom is 0.351 e. The van der Waals surface area contributed by atoms with Crippen molar-refractivity contribution in [3.63, 3.8) is 0 Å². The molecule has 150 valence electrons. The van der Waals surface area contributed by atoms with Crippen LogP contribution in [-0.4, -0.2) is 39.9 Å². The Morgan fingerprint density at radius 2 is 2.03 bits per heavy atom. The van der Waals surface area contributed by atoms with Gasteiger partial charge in [-0.2, -0.15) is 0 Å². The molecule has 2 heterocycles. The number of aryl methyl sites for hydroxylation is 1. The molecule has 1 unspecified atom stereocenters. The molecule has 3 aromatic rings. The smallest absolute Gasteiger partial charge is 0.351 e. The molecule has 0 aliphatic carbocycles. The van der Waals surface area contributed by atoms with Crippen LogP contribution < -0.4 is 0 Å². The van der Waals surface area contributed by atoms with Crippen LogP contribution in [0.2, 0.25) is 0 Å². The summed E-state index contributed by atoms with van der Waals surface area (Å²) in [6.45, 7) is 3.43. The van der Waals surface area contributed by atoms with Crippen molar-refractivity contribution in [1.29, 1.82) is 0 Å². The van der Waals surface area contributed by atoms with E-state index in [1.54, 1.807) is 44.4 Å². The Morgan fingerprint density at radius 1 is 1.24 bits per heavy atom. The van der Waals surface area contributed by atoms with Gasteiger partial charge in [-0.25, -0.2) is 14.2 Å². The number of hydrogen-bond acceptors (Lipinski definition) is 6. The molecule has 29 heavy (non-hydrogen) atoms. The number of thiazole rings is 1. The molecule has 0 bridgehead atoms. The van der Waals surface area contributed by atoms with Crippen LogP contribution in [0.4, 0.5) is 4.39 Å². The molecule has 0 saturated heterocycles. The Bertz CT molecular complexity index is 1020. The Labute approximate surface area is 172 Å². The van der Waals surface area contributed by atoms with E-state index in [0.29, 0.717) is 26.8 Å². The molecule has 3 rings (SSSR count). The summed E-state index contributed by atoms with van der Waals surface area (Å²) >= 11 is 1.17. The van der Waals surface area contributed by atoms with E-state index < -0.39 is 12.1 Å². The standard InChI is InChI=1S/C21H20FN3O3S/c1-13-18(29-19(24-13)17-9-4-5-10-23-17)21(27)28-14(2)20(26)25(3)12-15-7-6-8-16(22)11-15/h4-11,14H,12H2,1-3H3. The van der Waals surface area contributed by atoms with Gasteiger partial charge < -0.3 is 9.64 Å². The van der Waals surface area contributed by atoms with Gasteiger partial charge in [0.05, 0.1) is 11.4 Å². The van der Waals surface area contributed by atoms with Crippen molar-refractivity contribution in [3.05, 3.63) is 70.6 Å². The molecule has 2 aromatic heterocycles. The third-order valence-corrected chi connectivity index (χ3v) is 5.34. The molecule has 8 heteroatoms. The first kappa shape index (κ1) is 20.6. The number of amides is 1. The minimum absolute atomic E-state index is 0.210. The number of carbonyl (C=O) groups is 2. The van der Waals surface area contributed by atoms with Crippen LogP contribution in [-0.2, 0) is 16.1 Å². The van der Waals surface area contributed by atoms with Crippen molar-refractivity contribution >= 4 is 23.2 Å². The Kier molecular flexibility index (Phi) is 6.33. The lowest BCUT2D eigenvalue weighted by Gasteiger charge is -2.21. The third kappa shape index (κ3) is 5.03. The molecule has 1 amide bonds. The van der Waals surface area contributed by atoms with E-state index in [9.17, 15) is 14.0 Å². The molecule has 0 aliphatic heterocycles. The summed E-state index contributed by atoms with van der Waals surface area (Å²) in [5.41, 5.74) is 1.84. The lowest BCUT2D eigenvalue weighted by Crippen LogP contribution is -2.37. The number of pyridine rings is 1. The fraction of sp³-hybridized carbons (Fsp3) is 0.238. The van der Waals surface area contributed by atoms with Gasteiger partial charge in [0.15, 0.2) is 6.10 Å². The predicted octanol–water partition coefficient (Wildman–Crippen LogP) is 3.86. The Balaban J connectivity index is 1.65. The molecule has 6 nitrogen and oxygen atoms in total. The number of likely N-dealkylation sites (N-methyl/N-ethyl adjacent to an activating group) is 1. The zero-order valence-electron chi connectivity index (χ0n) is 16.3. The van der Waals surface area contributed by atoms with E-state index in [1.165, 1.54) is 35.3 Å². The Morgan fingerprint density at radius 3 is 2.72 bits per heavy atom. The fourth-order valence-corrected chi connectivity index (χ4v) is 3.67. The van der Waals surface area contributed by atoms with Crippen molar-refractivity contribution < 1.29 is 18.7 Å². The topological polar surface area (TPSA) is 72.4 Å². The second kappa shape index (κ2) is 8.91. The zero-order chi connectivity index (χ0) is 21.0. The molecule has 1 atom stereocenters. The highest BCUT2D eigenvalue weighted by molar-refractivity contribution is 7.17. The van der Waals surface area contributed by atoms with Crippen LogP contribution in [0.15, 0.2) is 48.7 Å². The first-order valence-corrected chi connectivity index (χ1v) is 9.76. The summed E-state index contributed by atoms with van der Waals surface area (Å²) in [5, 5.41) is 0.609. The average Bonchev–Trinajstić information content (AvgIpc) is 3.10. The highest BCUT2D eigenvalue weighted by atomic mass is 32.1. The summed E-state index contributed by atoms with van der Waals surface area (Å²) in [4.78, 5) is 35.4. The summed E-state index contributed by atoms with van der Waals surface area (Å²) in [6.07, 6.45) is 0.667. The first-order chi connectivity index (χ1) is 13.8. The van der Waals surface area contributed by atoms with Crippen molar-refractivity contribution in [2.24, 2.45) is 0 Å². The molecule has 0 spiro atoms. The molecule has 0 aliphatic rings. The van der Waals surface area contributed by atoms with Crippen molar-refractivity contribution in [1.82, 2.24) is 14.9 Å². The summed E-state index contributed by atoms with van der Waals surface area (Å²) < 4.78 is 18.7. The van der Waals surface area contributed by atoms with Gasteiger partial charge in [-0.1, -0.05) is 18.2 Å². The highest BCUT2D eigenvalue weighted by Gasteiger charge is 2.25. The predicted molar refractivity (Wildman–Crippen MR) is 108 cm³/mol. The number of aromatic nitrogens is 2. The minimum atomic E-state index is -0.985. The fourth-order valence-electron chi connectivity index (χ4n) is 2.75. The van der Waals surface area contributed by atoms with Crippen LogP contribution in [0.3, 0.4) is 0 Å². The lowest BCUT2D eigenvalue weighted by molar-refractivity contribution is -0.139. The quantitative estimate of drug-likeness (QED) is 0.574. The average molecular weight is 413 g/mol.